The van der Waals surface area contributed by atoms with Crippen LogP contribution in [0.4, 0.5) is 5.69 Å². The molecule has 2 heterocycles. The molecule has 2 fully saturated rings. The molecule has 0 bridgehead atoms. The summed E-state index contributed by atoms with van der Waals surface area (Å²) < 4.78 is 18.8. The summed E-state index contributed by atoms with van der Waals surface area (Å²) in [5.41, 5.74) is 6.72. The van der Waals surface area contributed by atoms with E-state index in [1.165, 1.54) is 12.8 Å². The van der Waals surface area contributed by atoms with Crippen molar-refractivity contribution in [2.24, 2.45) is 0 Å². The van der Waals surface area contributed by atoms with Crippen molar-refractivity contribution in [3.05, 3.63) is 6.20 Å². The lowest BCUT2D eigenvalue weighted by Crippen LogP contribution is -2.45. The molecule has 0 unspecified atom stereocenters. The van der Waals surface area contributed by atoms with Crippen molar-refractivity contribution in [2.75, 3.05) is 45.3 Å². The Hall–Kier alpha value is -1.31. The molecular formula is C19H34N4O3. The number of nitrogens with two attached hydrogens (primary N) is 1. The number of nitrogens with zero attached hydrogens (tertiary/aromatic N) is 3. The Balaban J connectivity index is 1.43. The fraction of sp³-hybridized carbons (Fsp3) is 0.842. The first-order valence-corrected chi connectivity index (χ1v) is 10.0. The number of nitrogen functional groups attached to an aromatic ring is 1. The largest absolute Gasteiger partial charge is 0.475 e. The van der Waals surface area contributed by atoms with E-state index in [-0.39, 0.29) is 6.10 Å². The van der Waals surface area contributed by atoms with Crippen LogP contribution in [-0.2, 0) is 9.47 Å². The van der Waals surface area contributed by atoms with Gasteiger partial charge in [-0.15, -0.1) is 5.10 Å². The molecule has 2 aliphatic rings. The van der Waals surface area contributed by atoms with Crippen molar-refractivity contribution in [2.45, 2.75) is 64.1 Å². The number of hydrogen-bond donors (Lipinski definition) is 1. The average molecular weight is 367 g/mol. The summed E-state index contributed by atoms with van der Waals surface area (Å²) in [5.74, 6) is 0.560. The van der Waals surface area contributed by atoms with Crippen LogP contribution in [0.2, 0.25) is 0 Å². The van der Waals surface area contributed by atoms with Gasteiger partial charge in [-0.3, -0.25) is 9.58 Å². The monoisotopic (exact) mass is 366 g/mol. The molecule has 1 aromatic rings. The minimum Gasteiger partial charge on any atom is -0.475 e. The summed E-state index contributed by atoms with van der Waals surface area (Å²) in [7, 11) is 0. The third kappa shape index (κ3) is 5.34. The number of anilines is 1. The highest BCUT2D eigenvalue weighted by Crippen LogP contribution is 2.33. The van der Waals surface area contributed by atoms with Crippen LogP contribution in [0.15, 0.2) is 6.20 Å². The van der Waals surface area contributed by atoms with Gasteiger partial charge in [0.15, 0.2) is 0 Å². The zero-order valence-electron chi connectivity index (χ0n) is 16.2. The van der Waals surface area contributed by atoms with Gasteiger partial charge < -0.3 is 19.9 Å². The maximum absolute atomic E-state index is 6.09. The molecule has 1 aromatic heterocycles. The van der Waals surface area contributed by atoms with E-state index >= 15 is 0 Å². The van der Waals surface area contributed by atoms with Crippen LogP contribution in [0.5, 0.6) is 5.88 Å². The van der Waals surface area contributed by atoms with Gasteiger partial charge in [0.25, 0.3) is 5.88 Å². The van der Waals surface area contributed by atoms with Gasteiger partial charge in [0.05, 0.1) is 44.8 Å². The minimum absolute atomic E-state index is 0.256. The van der Waals surface area contributed by atoms with E-state index in [0.29, 0.717) is 36.9 Å². The predicted octanol–water partition coefficient (Wildman–Crippen LogP) is 2.48. The molecule has 0 atom stereocenters. The zero-order chi connectivity index (χ0) is 18.4. The zero-order valence-corrected chi connectivity index (χ0v) is 16.2. The lowest BCUT2D eigenvalue weighted by atomic mass is 9.90. The van der Waals surface area contributed by atoms with Crippen LogP contribution < -0.4 is 10.5 Å². The maximum atomic E-state index is 6.09. The summed E-state index contributed by atoms with van der Waals surface area (Å²) in [6.07, 6.45) is 7.75. The Labute approximate surface area is 156 Å². The van der Waals surface area contributed by atoms with Crippen LogP contribution in [0, 0.1) is 0 Å². The Morgan fingerprint density at radius 1 is 1.15 bits per heavy atom. The number of morpholine rings is 1. The molecule has 2 N–H and O–H groups in total. The van der Waals surface area contributed by atoms with Crippen LogP contribution in [0.3, 0.4) is 0 Å². The first kappa shape index (κ1) is 19.5. The second-order valence-corrected chi connectivity index (χ2v) is 7.60. The summed E-state index contributed by atoms with van der Waals surface area (Å²) in [5, 5.41) is 4.60. The van der Waals surface area contributed by atoms with E-state index in [9.17, 15) is 0 Å². The van der Waals surface area contributed by atoms with Gasteiger partial charge in [-0.05, 0) is 39.5 Å². The fourth-order valence-corrected chi connectivity index (χ4v) is 3.87. The topological polar surface area (TPSA) is 74.8 Å². The van der Waals surface area contributed by atoms with Crippen molar-refractivity contribution in [3.8, 4) is 5.88 Å². The number of hydrogen-bond acceptors (Lipinski definition) is 6. The van der Waals surface area contributed by atoms with Gasteiger partial charge >= 0.3 is 0 Å². The van der Waals surface area contributed by atoms with Crippen LogP contribution in [0.25, 0.3) is 0 Å². The Morgan fingerprint density at radius 2 is 1.85 bits per heavy atom. The van der Waals surface area contributed by atoms with Gasteiger partial charge in [-0.2, -0.15) is 0 Å². The second kappa shape index (κ2) is 9.58. The third-order valence-corrected chi connectivity index (χ3v) is 5.31. The molecule has 1 aliphatic carbocycles. The minimum atomic E-state index is 0.256. The summed E-state index contributed by atoms with van der Waals surface area (Å²) >= 11 is 0. The fourth-order valence-electron chi connectivity index (χ4n) is 3.87. The van der Waals surface area contributed by atoms with Crippen LogP contribution in [0.1, 0.15) is 52.0 Å². The van der Waals surface area contributed by atoms with Gasteiger partial charge in [-0.1, -0.05) is 0 Å². The third-order valence-electron chi connectivity index (χ3n) is 5.31. The molecule has 1 saturated heterocycles. The summed E-state index contributed by atoms with van der Waals surface area (Å²) in [6.45, 7) is 9.24. The molecule has 1 saturated carbocycles. The SMILES string of the molecule is CC(C)OCCCOc1nn(C2CCC(N3CCOCC3)CC2)cc1N. The van der Waals surface area contributed by atoms with Crippen molar-refractivity contribution in [1.82, 2.24) is 14.7 Å². The van der Waals surface area contributed by atoms with Gasteiger partial charge in [0, 0.05) is 25.6 Å². The molecule has 0 spiro atoms. The Kier molecular flexibility index (Phi) is 7.16. The summed E-state index contributed by atoms with van der Waals surface area (Å²) in [4.78, 5) is 2.59. The maximum Gasteiger partial charge on any atom is 0.256 e. The van der Waals surface area contributed by atoms with Gasteiger partial charge in [0.1, 0.15) is 5.69 Å². The lowest BCUT2D eigenvalue weighted by Gasteiger charge is -2.38. The number of ether oxygens (including phenoxy) is 3. The number of rotatable bonds is 8. The lowest BCUT2D eigenvalue weighted by molar-refractivity contribution is 0.00502. The van der Waals surface area contributed by atoms with Crippen molar-refractivity contribution >= 4 is 5.69 Å². The van der Waals surface area contributed by atoms with Crippen molar-refractivity contribution < 1.29 is 14.2 Å². The van der Waals surface area contributed by atoms with Gasteiger partial charge in [-0.25, -0.2) is 0 Å². The molecule has 0 aromatic carbocycles. The van der Waals surface area contributed by atoms with Crippen molar-refractivity contribution in [1.29, 1.82) is 0 Å². The number of aromatic nitrogens is 2. The molecule has 148 valence electrons. The van der Waals surface area contributed by atoms with E-state index in [1.807, 2.05) is 24.7 Å². The van der Waals surface area contributed by atoms with Crippen LogP contribution >= 0.6 is 0 Å². The quantitative estimate of drug-likeness (QED) is 0.713. The molecule has 1 aliphatic heterocycles. The first-order valence-electron chi connectivity index (χ1n) is 10.0. The summed E-state index contributed by atoms with van der Waals surface area (Å²) in [6, 6.07) is 1.12. The van der Waals surface area contributed by atoms with E-state index in [1.54, 1.807) is 0 Å². The highest BCUT2D eigenvalue weighted by atomic mass is 16.5. The molecule has 0 amide bonds. The van der Waals surface area contributed by atoms with E-state index in [2.05, 4.69) is 10.00 Å². The average Bonchev–Trinajstić information content (AvgIpc) is 3.03. The molecule has 3 rings (SSSR count). The Morgan fingerprint density at radius 3 is 2.54 bits per heavy atom. The van der Waals surface area contributed by atoms with E-state index in [4.69, 9.17) is 19.9 Å². The van der Waals surface area contributed by atoms with Crippen molar-refractivity contribution in [3.63, 3.8) is 0 Å². The van der Waals surface area contributed by atoms with Crippen LogP contribution in [-0.4, -0.2) is 66.3 Å². The molecule has 7 nitrogen and oxygen atoms in total. The standard InChI is InChI=1S/C19H34N4O3/c1-15(2)25-10-3-11-26-19-18(20)14-23(21-19)17-6-4-16(5-7-17)22-8-12-24-13-9-22/h14-17H,3-13,20H2,1-2H3. The molecule has 26 heavy (non-hydrogen) atoms. The predicted molar refractivity (Wildman–Crippen MR) is 102 cm³/mol. The Bertz CT molecular complexity index is 535. The normalized spacial score (nSPS) is 24.9. The highest BCUT2D eigenvalue weighted by Gasteiger charge is 2.28. The van der Waals surface area contributed by atoms with E-state index < -0.39 is 0 Å². The molecule has 7 heteroatoms. The van der Waals surface area contributed by atoms with E-state index in [0.717, 1.165) is 45.6 Å². The smallest absolute Gasteiger partial charge is 0.256 e. The van der Waals surface area contributed by atoms with Gasteiger partial charge in [0.2, 0.25) is 0 Å². The molecule has 0 radical (unpaired) electrons. The molecular weight excluding hydrogens is 332 g/mol. The highest BCUT2D eigenvalue weighted by molar-refractivity contribution is 5.46. The second-order valence-electron chi connectivity index (χ2n) is 7.60. The first-order chi connectivity index (χ1) is 12.6.